The number of aromatic nitrogens is 2. The van der Waals surface area contributed by atoms with Crippen LogP contribution >= 0.6 is 11.6 Å². The third-order valence-corrected chi connectivity index (χ3v) is 4.28. The second kappa shape index (κ2) is 5.44. The van der Waals surface area contributed by atoms with E-state index in [0.717, 1.165) is 23.9 Å². The zero-order valence-electron chi connectivity index (χ0n) is 11.5. The van der Waals surface area contributed by atoms with E-state index in [9.17, 15) is 4.79 Å². The van der Waals surface area contributed by atoms with Crippen LogP contribution in [0.5, 0.6) is 0 Å². The van der Waals surface area contributed by atoms with Crippen molar-refractivity contribution < 1.29 is 9.90 Å². The number of carbonyl (C=O) groups is 1. The van der Waals surface area contributed by atoms with Gasteiger partial charge in [-0.2, -0.15) is 0 Å². The maximum atomic E-state index is 11.1. The average molecular weight is 309 g/mol. The van der Waals surface area contributed by atoms with Gasteiger partial charge in [-0.15, -0.1) is 0 Å². The number of carboxylic acid groups (broad SMARTS) is 1. The number of hydrogen-bond acceptors (Lipinski definition) is 3. The van der Waals surface area contributed by atoms with Gasteiger partial charge in [0, 0.05) is 19.6 Å². The zero-order chi connectivity index (χ0) is 15.0. The van der Waals surface area contributed by atoms with Crippen molar-refractivity contribution in [3.63, 3.8) is 0 Å². The standard InChI is InChI=1S/C14H17ClN4O2/c15-10-4-1-5-11-12(10)19(13(16)17-11)8-9-3-2-6-18(7-9)14(20)21/h1,4-5,9H,2-3,6-8H2,(H2,16,17)(H,20,21). The van der Waals surface area contributed by atoms with Crippen molar-refractivity contribution in [2.45, 2.75) is 19.4 Å². The normalized spacial score (nSPS) is 19.1. The summed E-state index contributed by atoms with van der Waals surface area (Å²) >= 11 is 6.25. The predicted molar refractivity (Wildman–Crippen MR) is 81.5 cm³/mol. The van der Waals surface area contributed by atoms with Crippen LogP contribution in [0.2, 0.25) is 5.02 Å². The fourth-order valence-corrected chi connectivity index (χ4v) is 3.26. The number of piperidine rings is 1. The lowest BCUT2D eigenvalue weighted by Crippen LogP contribution is -2.40. The summed E-state index contributed by atoms with van der Waals surface area (Å²) in [6, 6.07) is 5.53. The highest BCUT2D eigenvalue weighted by atomic mass is 35.5. The topological polar surface area (TPSA) is 84.4 Å². The monoisotopic (exact) mass is 308 g/mol. The Morgan fingerprint density at radius 2 is 2.33 bits per heavy atom. The van der Waals surface area contributed by atoms with E-state index >= 15 is 0 Å². The number of imidazole rings is 1. The lowest BCUT2D eigenvalue weighted by Gasteiger charge is -2.31. The number of fused-ring (bicyclic) bond motifs is 1. The van der Waals surface area contributed by atoms with Gasteiger partial charge in [-0.3, -0.25) is 0 Å². The molecule has 0 saturated carbocycles. The summed E-state index contributed by atoms with van der Waals surface area (Å²) < 4.78 is 1.90. The molecule has 0 radical (unpaired) electrons. The number of benzene rings is 1. The molecule has 21 heavy (non-hydrogen) atoms. The molecule has 112 valence electrons. The Hall–Kier alpha value is -1.95. The van der Waals surface area contributed by atoms with Gasteiger partial charge in [0.25, 0.3) is 0 Å². The Balaban J connectivity index is 1.88. The summed E-state index contributed by atoms with van der Waals surface area (Å²) in [6.07, 6.45) is 0.992. The molecule has 0 bridgehead atoms. The summed E-state index contributed by atoms with van der Waals surface area (Å²) in [6.45, 7) is 1.77. The van der Waals surface area contributed by atoms with Gasteiger partial charge in [0.2, 0.25) is 5.95 Å². The van der Waals surface area contributed by atoms with Crippen molar-refractivity contribution in [3.05, 3.63) is 23.2 Å². The zero-order valence-corrected chi connectivity index (χ0v) is 12.3. The van der Waals surface area contributed by atoms with Gasteiger partial charge < -0.3 is 20.3 Å². The highest BCUT2D eigenvalue weighted by molar-refractivity contribution is 6.35. The van der Waals surface area contributed by atoms with Crippen molar-refractivity contribution in [1.82, 2.24) is 14.5 Å². The van der Waals surface area contributed by atoms with Crippen LogP contribution in [-0.4, -0.2) is 38.7 Å². The molecule has 0 aliphatic carbocycles. The second-order valence-corrected chi connectivity index (χ2v) is 5.83. The third-order valence-electron chi connectivity index (χ3n) is 3.98. The molecule has 1 unspecified atom stereocenters. The highest BCUT2D eigenvalue weighted by Gasteiger charge is 2.25. The van der Waals surface area contributed by atoms with Crippen molar-refractivity contribution >= 4 is 34.7 Å². The van der Waals surface area contributed by atoms with Crippen molar-refractivity contribution in [2.24, 2.45) is 5.92 Å². The van der Waals surface area contributed by atoms with Crippen LogP contribution in [0.4, 0.5) is 10.7 Å². The summed E-state index contributed by atoms with van der Waals surface area (Å²) in [5, 5.41) is 9.73. The molecule has 3 N–H and O–H groups in total. The Morgan fingerprint density at radius 3 is 3.10 bits per heavy atom. The Morgan fingerprint density at radius 1 is 1.52 bits per heavy atom. The van der Waals surface area contributed by atoms with E-state index in [1.165, 1.54) is 4.90 Å². The average Bonchev–Trinajstić information content (AvgIpc) is 2.77. The SMILES string of the molecule is Nc1nc2cccc(Cl)c2n1CC1CCCN(C(=O)O)C1. The number of nitrogens with zero attached hydrogens (tertiary/aromatic N) is 3. The lowest BCUT2D eigenvalue weighted by atomic mass is 9.98. The lowest BCUT2D eigenvalue weighted by molar-refractivity contribution is 0.117. The van der Waals surface area contributed by atoms with Crippen LogP contribution in [0.1, 0.15) is 12.8 Å². The van der Waals surface area contributed by atoms with Crippen LogP contribution in [0.15, 0.2) is 18.2 Å². The number of nitrogen functional groups attached to an aromatic ring is 1. The van der Waals surface area contributed by atoms with Gasteiger partial charge in [0.1, 0.15) is 0 Å². The molecule has 1 aliphatic heterocycles. The molecule has 1 fully saturated rings. The van der Waals surface area contributed by atoms with Crippen LogP contribution in [0, 0.1) is 5.92 Å². The first kappa shape index (κ1) is 14.0. The van der Waals surface area contributed by atoms with Crippen LogP contribution in [0.3, 0.4) is 0 Å². The maximum absolute atomic E-state index is 11.1. The van der Waals surface area contributed by atoms with E-state index < -0.39 is 6.09 Å². The molecule has 3 rings (SSSR count). The largest absolute Gasteiger partial charge is 0.465 e. The van der Waals surface area contributed by atoms with E-state index in [1.54, 1.807) is 0 Å². The number of hydrogen-bond donors (Lipinski definition) is 2. The molecule has 1 aromatic carbocycles. The first-order valence-electron chi connectivity index (χ1n) is 6.94. The van der Waals surface area contributed by atoms with E-state index in [4.69, 9.17) is 22.4 Å². The summed E-state index contributed by atoms with van der Waals surface area (Å²) in [7, 11) is 0. The molecule has 1 saturated heterocycles. The van der Waals surface area contributed by atoms with Gasteiger partial charge in [-0.25, -0.2) is 9.78 Å². The number of para-hydroxylation sites is 1. The van der Waals surface area contributed by atoms with Gasteiger partial charge >= 0.3 is 6.09 Å². The fourth-order valence-electron chi connectivity index (χ4n) is 2.99. The second-order valence-electron chi connectivity index (χ2n) is 5.43. The molecular formula is C14H17ClN4O2. The molecule has 1 aliphatic rings. The fraction of sp³-hybridized carbons (Fsp3) is 0.429. The number of anilines is 1. The van der Waals surface area contributed by atoms with Crippen molar-refractivity contribution in [2.75, 3.05) is 18.8 Å². The van der Waals surface area contributed by atoms with Gasteiger partial charge in [0.15, 0.2) is 0 Å². The highest BCUT2D eigenvalue weighted by Crippen LogP contribution is 2.28. The number of nitrogens with two attached hydrogens (primary N) is 1. The molecule has 0 spiro atoms. The minimum Gasteiger partial charge on any atom is -0.465 e. The predicted octanol–water partition coefficient (Wildman–Crippen LogP) is 2.66. The summed E-state index contributed by atoms with van der Waals surface area (Å²) in [5.74, 6) is 0.649. The first-order valence-corrected chi connectivity index (χ1v) is 7.32. The number of halogens is 1. The smallest absolute Gasteiger partial charge is 0.407 e. The maximum Gasteiger partial charge on any atom is 0.407 e. The molecule has 2 heterocycles. The Labute approximate surface area is 127 Å². The van der Waals surface area contributed by atoms with E-state index in [0.29, 0.717) is 30.6 Å². The van der Waals surface area contributed by atoms with Gasteiger partial charge in [-0.05, 0) is 30.9 Å². The molecule has 1 amide bonds. The quantitative estimate of drug-likeness (QED) is 0.893. The van der Waals surface area contributed by atoms with Gasteiger partial charge in [0.05, 0.1) is 16.1 Å². The van der Waals surface area contributed by atoms with Crippen molar-refractivity contribution in [1.29, 1.82) is 0 Å². The van der Waals surface area contributed by atoms with E-state index in [1.807, 2.05) is 22.8 Å². The third kappa shape index (κ3) is 2.63. The summed E-state index contributed by atoms with van der Waals surface area (Å²) in [4.78, 5) is 16.9. The Bertz CT molecular complexity index is 685. The molecule has 7 heteroatoms. The minimum absolute atomic E-state index is 0.228. The Kier molecular flexibility index (Phi) is 3.63. The van der Waals surface area contributed by atoms with Gasteiger partial charge in [-0.1, -0.05) is 17.7 Å². The molecule has 6 nitrogen and oxygen atoms in total. The minimum atomic E-state index is -0.860. The van der Waals surface area contributed by atoms with Crippen LogP contribution in [-0.2, 0) is 6.54 Å². The molecule has 1 aromatic heterocycles. The first-order chi connectivity index (χ1) is 10.1. The summed E-state index contributed by atoms with van der Waals surface area (Å²) in [5.41, 5.74) is 7.59. The number of rotatable bonds is 2. The molecular weight excluding hydrogens is 292 g/mol. The van der Waals surface area contributed by atoms with E-state index in [2.05, 4.69) is 4.98 Å². The number of amides is 1. The van der Waals surface area contributed by atoms with Crippen LogP contribution in [0.25, 0.3) is 11.0 Å². The molecule has 1 atom stereocenters. The molecule has 2 aromatic rings. The van der Waals surface area contributed by atoms with Crippen LogP contribution < -0.4 is 5.73 Å². The van der Waals surface area contributed by atoms with E-state index in [-0.39, 0.29) is 5.92 Å². The van der Waals surface area contributed by atoms with Crippen molar-refractivity contribution in [3.8, 4) is 0 Å². The number of likely N-dealkylation sites (tertiary alicyclic amines) is 1.